The second-order valence-electron chi connectivity index (χ2n) is 8.51. The van der Waals surface area contributed by atoms with Gasteiger partial charge in [0, 0.05) is 18.5 Å². The number of rotatable bonds is 5. The molecule has 7 heteroatoms. The summed E-state index contributed by atoms with van der Waals surface area (Å²) in [6, 6.07) is 17.7. The van der Waals surface area contributed by atoms with Crippen molar-refractivity contribution >= 4 is 39.1 Å². The number of hydrogen-bond acceptors (Lipinski definition) is 4. The van der Waals surface area contributed by atoms with Crippen LogP contribution >= 0.6 is 11.3 Å². The molecule has 1 aliphatic heterocycles. The fourth-order valence-corrected chi connectivity index (χ4v) is 5.42. The maximum Gasteiger partial charge on any atom is 0.265 e. The number of carbonyl (C=O) groups excluding carboxylic acids is 2. The van der Waals surface area contributed by atoms with E-state index in [0.29, 0.717) is 22.7 Å². The summed E-state index contributed by atoms with van der Waals surface area (Å²) in [6.45, 7) is 6.08. The Morgan fingerprint density at radius 1 is 1.03 bits per heavy atom. The van der Waals surface area contributed by atoms with Gasteiger partial charge < -0.3 is 10.2 Å². The zero-order valence-electron chi connectivity index (χ0n) is 18.8. The van der Waals surface area contributed by atoms with E-state index in [1.807, 2.05) is 59.8 Å². The molecule has 3 heterocycles. The van der Waals surface area contributed by atoms with Gasteiger partial charge in [0.05, 0.1) is 28.4 Å². The van der Waals surface area contributed by atoms with Crippen LogP contribution in [-0.2, 0) is 6.54 Å². The molecule has 1 aliphatic rings. The lowest BCUT2D eigenvalue weighted by Gasteiger charge is -2.19. The lowest BCUT2D eigenvalue weighted by molar-refractivity contribution is 0.0793. The van der Waals surface area contributed by atoms with E-state index >= 15 is 0 Å². The molecule has 0 unspecified atom stereocenters. The summed E-state index contributed by atoms with van der Waals surface area (Å²) in [5.74, 6) is -0.219. The number of anilines is 1. The highest BCUT2D eigenvalue weighted by Gasteiger charge is 2.24. The molecule has 2 aromatic carbocycles. The monoisotopic (exact) mass is 458 g/mol. The van der Waals surface area contributed by atoms with Crippen LogP contribution in [0.2, 0.25) is 0 Å². The Labute approximate surface area is 196 Å². The number of aryl methyl sites for hydroxylation is 2. The number of para-hydroxylation sites is 1. The van der Waals surface area contributed by atoms with Crippen molar-refractivity contribution in [2.45, 2.75) is 33.2 Å². The van der Waals surface area contributed by atoms with Crippen molar-refractivity contribution in [3.8, 4) is 0 Å². The van der Waals surface area contributed by atoms with E-state index in [-0.39, 0.29) is 11.8 Å². The molecule has 168 valence electrons. The molecular formula is C26H26N4O2S. The maximum absolute atomic E-state index is 13.3. The third-order valence-electron chi connectivity index (χ3n) is 6.14. The zero-order valence-corrected chi connectivity index (χ0v) is 19.6. The van der Waals surface area contributed by atoms with Crippen LogP contribution in [0, 0.1) is 13.8 Å². The molecule has 33 heavy (non-hydrogen) atoms. The normalized spacial score (nSPS) is 13.6. The topological polar surface area (TPSA) is 67.2 Å². The molecule has 0 spiro atoms. The Morgan fingerprint density at radius 3 is 2.55 bits per heavy atom. The van der Waals surface area contributed by atoms with Crippen molar-refractivity contribution < 1.29 is 9.59 Å². The van der Waals surface area contributed by atoms with Crippen molar-refractivity contribution in [3.05, 3.63) is 81.9 Å². The Bertz CT molecular complexity index is 1330. The van der Waals surface area contributed by atoms with Crippen molar-refractivity contribution in [1.82, 2.24) is 14.7 Å². The first-order chi connectivity index (χ1) is 16.0. The molecule has 6 nitrogen and oxygen atoms in total. The van der Waals surface area contributed by atoms with E-state index in [2.05, 4.69) is 22.5 Å². The van der Waals surface area contributed by atoms with Gasteiger partial charge in [-0.2, -0.15) is 5.10 Å². The Kier molecular flexibility index (Phi) is 5.72. The number of fused-ring (bicyclic) bond motifs is 1. The highest BCUT2D eigenvalue weighted by Crippen LogP contribution is 2.31. The van der Waals surface area contributed by atoms with Crippen LogP contribution in [0.5, 0.6) is 0 Å². The highest BCUT2D eigenvalue weighted by atomic mass is 32.1. The second kappa shape index (κ2) is 8.83. The molecule has 0 aliphatic carbocycles. The van der Waals surface area contributed by atoms with Crippen LogP contribution in [0.25, 0.3) is 10.2 Å². The van der Waals surface area contributed by atoms with Crippen LogP contribution in [-0.4, -0.2) is 39.6 Å². The van der Waals surface area contributed by atoms with Gasteiger partial charge in [0.1, 0.15) is 4.83 Å². The standard InChI is InChI=1S/C26H26N4O2S/c1-17-9-8-12-20(25(32)29-13-6-7-14-29)23(17)27-24(31)22-15-21-18(2)28-30(26(21)33-22)16-19-10-4-3-5-11-19/h3-5,8-12,15H,6-7,13-14,16H2,1-2H3,(H,27,31). The van der Waals surface area contributed by atoms with Gasteiger partial charge in [-0.25, -0.2) is 0 Å². The van der Waals surface area contributed by atoms with Crippen molar-refractivity contribution in [3.63, 3.8) is 0 Å². The lowest BCUT2D eigenvalue weighted by Crippen LogP contribution is -2.29. The minimum atomic E-state index is -0.202. The van der Waals surface area contributed by atoms with E-state index in [0.717, 1.165) is 53.0 Å². The summed E-state index contributed by atoms with van der Waals surface area (Å²) in [4.78, 5) is 29.8. The summed E-state index contributed by atoms with van der Waals surface area (Å²) >= 11 is 1.43. The summed E-state index contributed by atoms with van der Waals surface area (Å²) in [5, 5.41) is 8.69. The van der Waals surface area contributed by atoms with Crippen molar-refractivity contribution in [2.75, 3.05) is 18.4 Å². The number of nitrogens with one attached hydrogen (secondary N) is 1. The lowest BCUT2D eigenvalue weighted by atomic mass is 10.1. The van der Waals surface area contributed by atoms with E-state index in [9.17, 15) is 9.59 Å². The third-order valence-corrected chi connectivity index (χ3v) is 7.29. The minimum absolute atomic E-state index is 0.0165. The predicted octanol–water partition coefficient (Wildman–Crippen LogP) is 5.25. The largest absolute Gasteiger partial charge is 0.339 e. The molecule has 5 rings (SSSR count). The average molecular weight is 459 g/mol. The molecule has 1 saturated heterocycles. The van der Waals surface area contributed by atoms with Gasteiger partial charge >= 0.3 is 0 Å². The highest BCUT2D eigenvalue weighted by molar-refractivity contribution is 7.20. The molecule has 1 N–H and O–H groups in total. The molecule has 4 aromatic rings. The first-order valence-corrected chi connectivity index (χ1v) is 12.0. The first-order valence-electron chi connectivity index (χ1n) is 11.2. The molecule has 2 amide bonds. The number of aromatic nitrogens is 2. The van der Waals surface area contributed by atoms with Crippen molar-refractivity contribution in [2.24, 2.45) is 0 Å². The maximum atomic E-state index is 13.3. The minimum Gasteiger partial charge on any atom is -0.339 e. The van der Waals surface area contributed by atoms with Crippen LogP contribution < -0.4 is 5.32 Å². The average Bonchev–Trinajstić information content (AvgIpc) is 3.55. The Balaban J connectivity index is 1.43. The molecule has 0 saturated carbocycles. The van der Waals surface area contributed by atoms with Crippen molar-refractivity contribution in [1.29, 1.82) is 0 Å². The number of carbonyl (C=O) groups is 2. The third kappa shape index (κ3) is 4.16. The number of benzene rings is 2. The predicted molar refractivity (Wildman–Crippen MR) is 132 cm³/mol. The number of thiophene rings is 1. The van der Waals surface area contributed by atoms with Gasteiger partial charge in [0.2, 0.25) is 0 Å². The summed E-state index contributed by atoms with van der Waals surface area (Å²) < 4.78 is 1.96. The second-order valence-corrected chi connectivity index (χ2v) is 9.54. The number of hydrogen-bond donors (Lipinski definition) is 1. The van der Waals surface area contributed by atoms with E-state index in [1.54, 1.807) is 6.07 Å². The van der Waals surface area contributed by atoms with Gasteiger partial charge in [0.15, 0.2) is 0 Å². The summed E-state index contributed by atoms with van der Waals surface area (Å²) in [7, 11) is 0. The van der Waals surface area contributed by atoms with Gasteiger partial charge in [-0.05, 0) is 49.9 Å². The van der Waals surface area contributed by atoms with E-state index < -0.39 is 0 Å². The molecular weight excluding hydrogens is 432 g/mol. The van der Waals surface area contributed by atoms with Gasteiger partial charge in [0.25, 0.3) is 11.8 Å². The number of likely N-dealkylation sites (tertiary alicyclic amines) is 1. The van der Waals surface area contributed by atoms with Crippen LogP contribution in [0.4, 0.5) is 5.69 Å². The summed E-state index contributed by atoms with van der Waals surface area (Å²) in [5.41, 5.74) is 4.08. The number of amides is 2. The van der Waals surface area contributed by atoms with Gasteiger partial charge in [-0.1, -0.05) is 42.5 Å². The fourth-order valence-electron chi connectivity index (χ4n) is 4.37. The van der Waals surface area contributed by atoms with Gasteiger partial charge in [-0.3, -0.25) is 14.3 Å². The smallest absolute Gasteiger partial charge is 0.265 e. The fraction of sp³-hybridized carbons (Fsp3) is 0.269. The van der Waals surface area contributed by atoms with Crippen LogP contribution in [0.1, 0.15) is 49.7 Å². The molecule has 1 fully saturated rings. The number of nitrogens with zero attached hydrogens (tertiary/aromatic N) is 3. The Hall–Kier alpha value is -3.45. The molecule has 0 atom stereocenters. The van der Waals surface area contributed by atoms with Crippen LogP contribution in [0.15, 0.2) is 54.6 Å². The quantitative estimate of drug-likeness (QED) is 0.444. The van der Waals surface area contributed by atoms with Gasteiger partial charge in [-0.15, -0.1) is 11.3 Å². The molecule has 0 radical (unpaired) electrons. The molecule has 2 aromatic heterocycles. The Morgan fingerprint density at radius 2 is 1.79 bits per heavy atom. The SMILES string of the molecule is Cc1cccc(C(=O)N2CCCC2)c1NC(=O)c1cc2c(C)nn(Cc3ccccc3)c2s1. The summed E-state index contributed by atoms with van der Waals surface area (Å²) in [6.07, 6.45) is 2.06. The van der Waals surface area contributed by atoms with Crippen LogP contribution in [0.3, 0.4) is 0 Å². The zero-order chi connectivity index (χ0) is 22.9. The first kappa shape index (κ1) is 21.4. The van der Waals surface area contributed by atoms with E-state index in [4.69, 9.17) is 0 Å². The van der Waals surface area contributed by atoms with E-state index in [1.165, 1.54) is 11.3 Å². The molecule has 0 bridgehead atoms.